The van der Waals surface area contributed by atoms with Crippen molar-refractivity contribution in [1.82, 2.24) is 9.80 Å². The highest BCUT2D eigenvalue weighted by molar-refractivity contribution is 5.87. The number of aryl methyl sites for hydroxylation is 1. The van der Waals surface area contributed by atoms with Gasteiger partial charge in [0.15, 0.2) is 0 Å². The Bertz CT molecular complexity index is 719. The zero-order valence-corrected chi connectivity index (χ0v) is 15.1. The van der Waals surface area contributed by atoms with E-state index in [1.807, 2.05) is 42.2 Å². The molecule has 1 unspecified atom stereocenters. The summed E-state index contributed by atoms with van der Waals surface area (Å²) in [5.41, 5.74) is 8.89. The molecule has 0 radical (unpaired) electrons. The van der Waals surface area contributed by atoms with Crippen molar-refractivity contribution in [3.63, 3.8) is 0 Å². The summed E-state index contributed by atoms with van der Waals surface area (Å²) >= 11 is 0. The fourth-order valence-corrected chi connectivity index (χ4v) is 3.41. The maximum atomic E-state index is 12.9. The zero-order chi connectivity index (χ0) is 17.9. The minimum absolute atomic E-state index is 0.00825. The van der Waals surface area contributed by atoms with Crippen LogP contribution in [0, 0.1) is 6.92 Å². The molecule has 2 aromatic rings. The van der Waals surface area contributed by atoms with Gasteiger partial charge in [-0.2, -0.15) is 0 Å². The summed E-state index contributed by atoms with van der Waals surface area (Å²) < 4.78 is 0. The van der Waals surface area contributed by atoms with E-state index in [0.717, 1.165) is 38.3 Å². The minimum Gasteiger partial charge on any atom is -0.338 e. The maximum Gasteiger partial charge on any atom is 0.247 e. The van der Waals surface area contributed by atoms with Crippen LogP contribution >= 0.6 is 0 Å². The molecule has 1 fully saturated rings. The molecular formula is C21H27N3O. The van der Waals surface area contributed by atoms with Gasteiger partial charge in [-0.25, -0.2) is 0 Å². The van der Waals surface area contributed by atoms with E-state index >= 15 is 0 Å². The Balaban J connectivity index is 1.59. The van der Waals surface area contributed by atoms with Crippen LogP contribution in [-0.4, -0.2) is 41.9 Å². The predicted octanol–water partition coefficient (Wildman–Crippen LogP) is 2.51. The maximum absolute atomic E-state index is 12.9. The van der Waals surface area contributed by atoms with Crippen molar-refractivity contribution in [3.05, 3.63) is 71.3 Å². The van der Waals surface area contributed by atoms with Gasteiger partial charge in [0.1, 0.15) is 5.54 Å². The molecular weight excluding hydrogens is 310 g/mol. The largest absolute Gasteiger partial charge is 0.338 e. The Kier molecular flexibility index (Phi) is 5.21. The van der Waals surface area contributed by atoms with Gasteiger partial charge in [0, 0.05) is 32.7 Å². The molecule has 1 saturated heterocycles. The van der Waals surface area contributed by atoms with Gasteiger partial charge in [-0.05, 0) is 25.0 Å². The number of amides is 1. The first-order valence-corrected chi connectivity index (χ1v) is 8.88. The molecule has 0 aliphatic carbocycles. The first-order chi connectivity index (χ1) is 12.0. The lowest BCUT2D eigenvalue weighted by molar-refractivity contribution is -0.138. The van der Waals surface area contributed by atoms with Crippen LogP contribution in [0.4, 0.5) is 0 Å². The van der Waals surface area contributed by atoms with Crippen molar-refractivity contribution in [2.24, 2.45) is 5.73 Å². The Hall–Kier alpha value is -2.17. The third kappa shape index (κ3) is 4.09. The standard InChI is InChI=1S/C21H27N3O/c1-17-7-6-8-18(15-17)16-23-11-13-24(14-12-23)20(25)21(2,22)19-9-4-3-5-10-19/h3-10,15H,11-14,16,22H2,1-2H3. The van der Waals surface area contributed by atoms with Crippen molar-refractivity contribution < 1.29 is 4.79 Å². The van der Waals surface area contributed by atoms with E-state index in [9.17, 15) is 4.79 Å². The lowest BCUT2D eigenvalue weighted by atomic mass is 9.91. The molecule has 1 amide bonds. The quantitative estimate of drug-likeness (QED) is 0.933. The molecule has 1 aliphatic heterocycles. The molecule has 1 aliphatic rings. The van der Waals surface area contributed by atoms with Crippen molar-refractivity contribution in [2.45, 2.75) is 25.9 Å². The topological polar surface area (TPSA) is 49.6 Å². The van der Waals surface area contributed by atoms with Crippen LogP contribution in [-0.2, 0) is 16.9 Å². The van der Waals surface area contributed by atoms with Crippen molar-refractivity contribution in [1.29, 1.82) is 0 Å². The number of hydrogen-bond donors (Lipinski definition) is 1. The Morgan fingerprint density at radius 3 is 2.36 bits per heavy atom. The van der Waals surface area contributed by atoms with Crippen LogP contribution in [0.5, 0.6) is 0 Å². The third-order valence-electron chi connectivity index (χ3n) is 4.97. The van der Waals surface area contributed by atoms with Crippen LogP contribution in [0.2, 0.25) is 0 Å². The van der Waals surface area contributed by atoms with E-state index in [0.29, 0.717) is 0 Å². The summed E-state index contributed by atoms with van der Waals surface area (Å²) in [6.07, 6.45) is 0. The lowest BCUT2D eigenvalue weighted by Crippen LogP contribution is -2.56. The summed E-state index contributed by atoms with van der Waals surface area (Å²) in [5, 5.41) is 0. The summed E-state index contributed by atoms with van der Waals surface area (Å²) in [4.78, 5) is 17.2. The summed E-state index contributed by atoms with van der Waals surface area (Å²) in [6.45, 7) is 8.07. The molecule has 1 heterocycles. The second-order valence-corrected chi connectivity index (χ2v) is 7.13. The van der Waals surface area contributed by atoms with Crippen LogP contribution < -0.4 is 5.73 Å². The molecule has 0 spiro atoms. The second-order valence-electron chi connectivity index (χ2n) is 7.13. The fourth-order valence-electron chi connectivity index (χ4n) is 3.41. The smallest absolute Gasteiger partial charge is 0.247 e. The van der Waals surface area contributed by atoms with E-state index in [4.69, 9.17) is 5.73 Å². The summed E-state index contributed by atoms with van der Waals surface area (Å²) in [5.74, 6) is 0.00825. The molecule has 2 N–H and O–H groups in total. The van der Waals surface area contributed by atoms with Crippen molar-refractivity contribution in [2.75, 3.05) is 26.2 Å². The molecule has 132 valence electrons. The van der Waals surface area contributed by atoms with Gasteiger partial charge in [-0.1, -0.05) is 60.2 Å². The average Bonchev–Trinajstić information content (AvgIpc) is 2.62. The monoisotopic (exact) mass is 337 g/mol. The molecule has 0 bridgehead atoms. The SMILES string of the molecule is Cc1cccc(CN2CCN(C(=O)C(C)(N)c3ccccc3)CC2)c1. The number of carbonyl (C=O) groups excluding carboxylic acids is 1. The van der Waals surface area contributed by atoms with Crippen LogP contribution in [0.3, 0.4) is 0 Å². The number of rotatable bonds is 4. The van der Waals surface area contributed by atoms with Gasteiger partial charge in [-0.15, -0.1) is 0 Å². The Labute approximate surface area is 150 Å². The fraction of sp³-hybridized carbons (Fsp3) is 0.381. The first-order valence-electron chi connectivity index (χ1n) is 8.88. The van der Waals surface area contributed by atoms with Crippen LogP contribution in [0.15, 0.2) is 54.6 Å². The molecule has 3 rings (SSSR count). The second kappa shape index (κ2) is 7.38. The third-order valence-corrected chi connectivity index (χ3v) is 4.97. The molecule has 4 nitrogen and oxygen atoms in total. The summed E-state index contributed by atoms with van der Waals surface area (Å²) in [6, 6.07) is 18.2. The Morgan fingerprint density at radius 1 is 1.04 bits per heavy atom. The van der Waals surface area contributed by atoms with Gasteiger partial charge >= 0.3 is 0 Å². The van der Waals surface area contributed by atoms with E-state index in [1.54, 1.807) is 0 Å². The van der Waals surface area contributed by atoms with E-state index in [2.05, 4.69) is 36.1 Å². The number of piperazine rings is 1. The molecule has 0 saturated carbocycles. The highest BCUT2D eigenvalue weighted by Crippen LogP contribution is 2.21. The number of carbonyl (C=O) groups is 1. The molecule has 4 heteroatoms. The predicted molar refractivity (Wildman–Crippen MR) is 101 cm³/mol. The molecule has 0 aromatic heterocycles. The van der Waals surface area contributed by atoms with Gasteiger partial charge < -0.3 is 10.6 Å². The van der Waals surface area contributed by atoms with Crippen LogP contribution in [0.25, 0.3) is 0 Å². The van der Waals surface area contributed by atoms with Gasteiger partial charge in [0.2, 0.25) is 5.91 Å². The zero-order valence-electron chi connectivity index (χ0n) is 15.1. The number of hydrogen-bond acceptors (Lipinski definition) is 3. The van der Waals surface area contributed by atoms with E-state index in [1.165, 1.54) is 11.1 Å². The van der Waals surface area contributed by atoms with Crippen molar-refractivity contribution in [3.8, 4) is 0 Å². The van der Waals surface area contributed by atoms with Crippen LogP contribution in [0.1, 0.15) is 23.6 Å². The molecule has 1 atom stereocenters. The van der Waals surface area contributed by atoms with Gasteiger partial charge in [0.25, 0.3) is 0 Å². The highest BCUT2D eigenvalue weighted by Gasteiger charge is 2.35. The van der Waals surface area contributed by atoms with E-state index < -0.39 is 5.54 Å². The van der Waals surface area contributed by atoms with Crippen molar-refractivity contribution >= 4 is 5.91 Å². The van der Waals surface area contributed by atoms with Gasteiger partial charge in [-0.3, -0.25) is 9.69 Å². The molecule has 25 heavy (non-hydrogen) atoms. The summed E-state index contributed by atoms with van der Waals surface area (Å²) in [7, 11) is 0. The first kappa shape index (κ1) is 17.6. The minimum atomic E-state index is -0.972. The van der Waals surface area contributed by atoms with Gasteiger partial charge in [0.05, 0.1) is 0 Å². The average molecular weight is 337 g/mol. The highest BCUT2D eigenvalue weighted by atomic mass is 16.2. The normalized spacial score (nSPS) is 18.0. The molecule has 2 aromatic carbocycles. The Morgan fingerprint density at radius 2 is 1.72 bits per heavy atom. The number of nitrogens with two attached hydrogens (primary N) is 1. The van der Waals surface area contributed by atoms with E-state index in [-0.39, 0.29) is 5.91 Å². The lowest BCUT2D eigenvalue weighted by Gasteiger charge is -2.38. The number of benzene rings is 2. The number of nitrogens with zero attached hydrogens (tertiary/aromatic N) is 2.